The van der Waals surface area contributed by atoms with Gasteiger partial charge < -0.3 is 20.6 Å². The molecule has 0 saturated carbocycles. The zero-order valence-corrected chi connectivity index (χ0v) is 25.7. The van der Waals surface area contributed by atoms with Gasteiger partial charge in [0, 0.05) is 42.9 Å². The van der Waals surface area contributed by atoms with Crippen molar-refractivity contribution in [3.63, 3.8) is 0 Å². The first kappa shape index (κ1) is 33.9. The fraction of sp³-hybridized carbons (Fsp3) is 0.429. The van der Waals surface area contributed by atoms with Crippen LogP contribution in [-0.2, 0) is 12.8 Å². The fourth-order valence-electron chi connectivity index (χ4n) is 5.19. The van der Waals surface area contributed by atoms with Gasteiger partial charge in [-0.25, -0.2) is 8.78 Å². The second-order valence-corrected chi connectivity index (χ2v) is 11.3. The molecule has 0 aliphatic heterocycles. The zero-order chi connectivity index (χ0) is 31.4. The highest BCUT2D eigenvalue weighted by Gasteiger charge is 2.25. The van der Waals surface area contributed by atoms with Crippen molar-refractivity contribution >= 4 is 11.8 Å². The molecule has 3 aromatic carbocycles. The molecule has 0 spiro atoms. The number of aryl methyl sites for hydroxylation is 2. The van der Waals surface area contributed by atoms with E-state index in [0.717, 1.165) is 37.3 Å². The predicted octanol–water partition coefficient (Wildman–Crippen LogP) is 5.85. The second kappa shape index (κ2) is 16.9. The van der Waals surface area contributed by atoms with Crippen LogP contribution in [0.2, 0.25) is 0 Å². The average Bonchev–Trinajstić information content (AvgIpc) is 2.97. The minimum absolute atomic E-state index is 0.0139. The molecular formula is C35H45F2N3O3. The molecule has 0 saturated heterocycles. The molecule has 3 rings (SSSR count). The molecule has 0 radical (unpaired) electrons. The smallest absolute Gasteiger partial charge is 0.253 e. The van der Waals surface area contributed by atoms with Crippen molar-refractivity contribution in [1.29, 1.82) is 0 Å². The van der Waals surface area contributed by atoms with Crippen LogP contribution in [0.1, 0.15) is 77.4 Å². The van der Waals surface area contributed by atoms with Gasteiger partial charge in [-0.3, -0.25) is 9.59 Å². The van der Waals surface area contributed by atoms with Crippen molar-refractivity contribution < 1.29 is 23.5 Å². The highest BCUT2D eigenvalue weighted by atomic mass is 19.1. The molecule has 0 heterocycles. The van der Waals surface area contributed by atoms with Crippen LogP contribution in [0.3, 0.4) is 0 Å². The minimum atomic E-state index is -1.05. The molecule has 3 aromatic rings. The van der Waals surface area contributed by atoms with Crippen LogP contribution in [0.4, 0.5) is 8.78 Å². The lowest BCUT2D eigenvalue weighted by Crippen LogP contribution is -2.50. The minimum Gasteiger partial charge on any atom is -0.390 e. The molecule has 0 aliphatic rings. The lowest BCUT2D eigenvalue weighted by atomic mass is 9.99. The molecule has 3 atom stereocenters. The van der Waals surface area contributed by atoms with E-state index in [9.17, 15) is 23.5 Å². The van der Waals surface area contributed by atoms with Gasteiger partial charge in [-0.1, -0.05) is 44.2 Å². The van der Waals surface area contributed by atoms with Gasteiger partial charge in [-0.15, -0.1) is 0 Å². The number of nitrogens with zero attached hydrogens (tertiary/aromatic N) is 1. The monoisotopic (exact) mass is 593 g/mol. The lowest BCUT2D eigenvalue weighted by molar-refractivity contribution is 0.0755. The Labute approximate surface area is 254 Å². The second-order valence-electron chi connectivity index (χ2n) is 11.3. The Morgan fingerprint density at radius 3 is 2.14 bits per heavy atom. The molecule has 43 heavy (non-hydrogen) atoms. The molecule has 3 N–H and O–H groups in total. The number of hydrogen-bond acceptors (Lipinski definition) is 4. The number of aliphatic hydroxyl groups is 1. The first-order valence-electron chi connectivity index (χ1n) is 15.2. The number of hydrogen-bond donors (Lipinski definition) is 3. The van der Waals surface area contributed by atoms with Crippen LogP contribution in [-0.4, -0.2) is 59.6 Å². The van der Waals surface area contributed by atoms with Gasteiger partial charge in [-0.05, 0) is 93.0 Å². The van der Waals surface area contributed by atoms with Crippen LogP contribution >= 0.6 is 0 Å². The van der Waals surface area contributed by atoms with E-state index >= 15 is 0 Å². The summed E-state index contributed by atoms with van der Waals surface area (Å²) in [5, 5.41) is 17.4. The molecule has 1 unspecified atom stereocenters. The van der Waals surface area contributed by atoms with E-state index in [0.29, 0.717) is 24.2 Å². The molecular weight excluding hydrogens is 548 g/mol. The van der Waals surface area contributed by atoms with E-state index < -0.39 is 29.7 Å². The first-order valence-corrected chi connectivity index (χ1v) is 15.2. The van der Waals surface area contributed by atoms with Gasteiger partial charge in [0.05, 0.1) is 12.1 Å². The molecule has 6 nitrogen and oxygen atoms in total. The Morgan fingerprint density at radius 2 is 1.51 bits per heavy atom. The van der Waals surface area contributed by atoms with Gasteiger partial charge in [0.25, 0.3) is 11.8 Å². The van der Waals surface area contributed by atoms with Crippen LogP contribution in [0, 0.1) is 18.6 Å². The molecule has 0 bridgehead atoms. The third kappa shape index (κ3) is 10.9. The number of amides is 2. The summed E-state index contributed by atoms with van der Waals surface area (Å²) in [5.74, 6) is -2.07. The Balaban J connectivity index is 1.76. The Kier molecular flexibility index (Phi) is 13.3. The van der Waals surface area contributed by atoms with E-state index in [1.165, 1.54) is 17.7 Å². The van der Waals surface area contributed by atoms with Crippen molar-refractivity contribution in [1.82, 2.24) is 15.5 Å². The maximum atomic E-state index is 14.0. The first-order chi connectivity index (χ1) is 20.6. The van der Waals surface area contributed by atoms with E-state index in [2.05, 4.69) is 22.8 Å². The van der Waals surface area contributed by atoms with E-state index in [4.69, 9.17) is 0 Å². The topological polar surface area (TPSA) is 81.7 Å². The van der Waals surface area contributed by atoms with Crippen molar-refractivity contribution in [3.8, 4) is 0 Å². The molecule has 2 amide bonds. The largest absolute Gasteiger partial charge is 0.390 e. The molecule has 0 aromatic heterocycles. The third-order valence-corrected chi connectivity index (χ3v) is 7.40. The number of aliphatic hydroxyl groups excluding tert-OH is 1. The van der Waals surface area contributed by atoms with Gasteiger partial charge in [0.1, 0.15) is 11.6 Å². The van der Waals surface area contributed by atoms with E-state index in [1.807, 2.05) is 45.9 Å². The van der Waals surface area contributed by atoms with E-state index in [-0.39, 0.29) is 30.5 Å². The zero-order valence-electron chi connectivity index (χ0n) is 25.7. The summed E-state index contributed by atoms with van der Waals surface area (Å²) < 4.78 is 28.0. The number of benzene rings is 3. The van der Waals surface area contributed by atoms with Crippen molar-refractivity contribution in [2.45, 2.75) is 78.0 Å². The lowest BCUT2D eigenvalue weighted by Gasteiger charge is -2.26. The van der Waals surface area contributed by atoms with E-state index in [1.54, 1.807) is 23.1 Å². The summed E-state index contributed by atoms with van der Waals surface area (Å²) in [6, 6.07) is 17.5. The Bertz CT molecular complexity index is 1310. The summed E-state index contributed by atoms with van der Waals surface area (Å²) in [6.45, 7) is 9.28. The summed E-state index contributed by atoms with van der Waals surface area (Å²) >= 11 is 0. The van der Waals surface area contributed by atoms with Gasteiger partial charge in [0.15, 0.2) is 0 Å². The summed E-state index contributed by atoms with van der Waals surface area (Å²) in [7, 11) is 0. The molecule has 8 heteroatoms. The van der Waals surface area contributed by atoms with Crippen LogP contribution in [0.15, 0.2) is 66.7 Å². The number of carbonyl (C=O) groups is 2. The SMILES string of the molecule is CCCN(CCC)C(=O)c1cc(C)cc(C(=O)N[C@@H](Cc2cc(F)cc(F)c2)[C@H](O)CNC(C)CCc2ccccc2)c1. The Hall–Kier alpha value is -3.62. The average molecular weight is 594 g/mol. The highest BCUT2D eigenvalue weighted by Crippen LogP contribution is 2.16. The van der Waals surface area contributed by atoms with Crippen molar-refractivity contribution in [3.05, 3.63) is 106 Å². The molecule has 0 aliphatic carbocycles. The molecule has 232 valence electrons. The van der Waals surface area contributed by atoms with Crippen molar-refractivity contribution in [2.75, 3.05) is 19.6 Å². The normalized spacial score (nSPS) is 13.3. The summed E-state index contributed by atoms with van der Waals surface area (Å²) in [6.07, 6.45) is 2.32. The van der Waals surface area contributed by atoms with Gasteiger partial charge in [0.2, 0.25) is 0 Å². The van der Waals surface area contributed by atoms with Crippen LogP contribution in [0.5, 0.6) is 0 Å². The predicted molar refractivity (Wildman–Crippen MR) is 167 cm³/mol. The maximum Gasteiger partial charge on any atom is 0.253 e. The van der Waals surface area contributed by atoms with Gasteiger partial charge >= 0.3 is 0 Å². The van der Waals surface area contributed by atoms with Crippen molar-refractivity contribution in [2.24, 2.45) is 0 Å². The standard InChI is InChI=1S/C35H45F2N3O3/c1-5-14-40(15-6-2)35(43)29-17-24(3)16-28(21-29)34(42)39-32(20-27-18-30(36)22-31(37)19-27)33(41)23-38-25(4)12-13-26-10-8-7-9-11-26/h7-11,16-19,21-22,25,32-33,38,41H,5-6,12-15,20,23H2,1-4H3,(H,39,42)/t25?,32-,33+/m0/s1. The van der Waals surface area contributed by atoms with Crippen LogP contribution < -0.4 is 10.6 Å². The third-order valence-electron chi connectivity index (χ3n) is 7.40. The van der Waals surface area contributed by atoms with Gasteiger partial charge in [-0.2, -0.15) is 0 Å². The number of nitrogens with one attached hydrogen (secondary N) is 2. The molecule has 0 fully saturated rings. The maximum absolute atomic E-state index is 14.0. The number of carbonyl (C=O) groups excluding carboxylic acids is 2. The quantitative estimate of drug-likeness (QED) is 0.195. The van der Waals surface area contributed by atoms with Crippen LogP contribution in [0.25, 0.3) is 0 Å². The summed E-state index contributed by atoms with van der Waals surface area (Å²) in [4.78, 5) is 28.6. The Morgan fingerprint density at radius 1 is 0.884 bits per heavy atom. The number of rotatable bonds is 16. The summed E-state index contributed by atoms with van der Waals surface area (Å²) in [5.41, 5.74) is 2.99. The highest BCUT2D eigenvalue weighted by molar-refractivity contribution is 6.00. The number of halogens is 2. The fourth-order valence-corrected chi connectivity index (χ4v) is 5.19.